The van der Waals surface area contributed by atoms with Crippen molar-refractivity contribution in [3.63, 3.8) is 0 Å². The third-order valence-electron chi connectivity index (χ3n) is 3.25. The first-order chi connectivity index (χ1) is 12.1. The lowest BCUT2D eigenvalue weighted by Gasteiger charge is -2.18. The maximum absolute atomic E-state index is 11.2. The molecule has 1 rings (SSSR count). The lowest BCUT2D eigenvalue weighted by molar-refractivity contribution is -0.212. The molecular weight excluding hydrogens is 380 g/mol. The first-order valence-electron chi connectivity index (χ1n) is 7.90. The zero-order chi connectivity index (χ0) is 19.6. The van der Waals surface area contributed by atoms with Crippen LogP contribution in [0, 0.1) is 0 Å². The summed E-state index contributed by atoms with van der Waals surface area (Å²) >= 11 is 0. The SMILES string of the molecule is C/C(=C\COP(=O)(O)OP(=O)([O-])O)CC/C=C(\C)CNc1ccccc1. The Morgan fingerprint density at radius 2 is 1.81 bits per heavy atom. The van der Waals surface area contributed by atoms with Gasteiger partial charge >= 0.3 is 7.82 Å². The van der Waals surface area contributed by atoms with Gasteiger partial charge in [-0.25, -0.2) is 8.88 Å². The number of nitrogens with one attached hydrogen (secondary N) is 1. The van der Waals surface area contributed by atoms with Gasteiger partial charge in [0.2, 0.25) is 0 Å². The van der Waals surface area contributed by atoms with Gasteiger partial charge in [0.1, 0.15) is 0 Å². The van der Waals surface area contributed by atoms with Crippen molar-refractivity contribution >= 4 is 21.3 Å². The molecule has 1 aromatic rings. The summed E-state index contributed by atoms with van der Waals surface area (Å²) < 4.78 is 29.7. The van der Waals surface area contributed by atoms with Gasteiger partial charge in [0.15, 0.2) is 0 Å². The standard InChI is InChI=1S/C16H25NO7P2/c1-14(11-12-23-26(21,22)24-25(18,19)20)7-6-8-15(2)13-17-16-9-4-3-5-10-16/h3-5,8-11,17H,6-7,12-13H2,1-2H3,(H,21,22)(H2,18,19,20)/p-1/b14-11+,15-8+. The molecule has 2 unspecified atom stereocenters. The average Bonchev–Trinajstić information content (AvgIpc) is 2.51. The van der Waals surface area contributed by atoms with E-state index < -0.39 is 15.6 Å². The minimum Gasteiger partial charge on any atom is -0.756 e. The molecule has 0 saturated heterocycles. The number of allylic oxidation sites excluding steroid dienone is 2. The highest BCUT2D eigenvalue weighted by atomic mass is 31.3. The fourth-order valence-corrected chi connectivity index (χ4v) is 3.44. The lowest BCUT2D eigenvalue weighted by Crippen LogP contribution is -2.03. The van der Waals surface area contributed by atoms with Crippen LogP contribution in [0.5, 0.6) is 0 Å². The summed E-state index contributed by atoms with van der Waals surface area (Å²) in [6.45, 7) is 4.27. The van der Waals surface area contributed by atoms with Crippen LogP contribution in [0.2, 0.25) is 0 Å². The highest BCUT2D eigenvalue weighted by Crippen LogP contribution is 2.55. The van der Waals surface area contributed by atoms with E-state index in [-0.39, 0.29) is 6.61 Å². The van der Waals surface area contributed by atoms with Crippen molar-refractivity contribution < 1.29 is 32.6 Å². The van der Waals surface area contributed by atoms with Crippen molar-refractivity contribution in [2.24, 2.45) is 0 Å². The molecule has 0 aromatic heterocycles. The molecule has 0 amide bonds. The summed E-state index contributed by atoms with van der Waals surface area (Å²) in [6.07, 6.45) is 5.13. The van der Waals surface area contributed by atoms with E-state index in [1.165, 1.54) is 5.57 Å². The number of anilines is 1. The van der Waals surface area contributed by atoms with Crippen LogP contribution in [0.1, 0.15) is 26.7 Å². The van der Waals surface area contributed by atoms with Crippen molar-refractivity contribution in [3.05, 3.63) is 53.6 Å². The lowest BCUT2D eigenvalue weighted by atomic mass is 10.1. The number of phosphoric acid groups is 2. The summed E-state index contributed by atoms with van der Waals surface area (Å²) in [5, 5.41) is 3.31. The molecule has 0 spiro atoms. The molecule has 0 saturated carbocycles. The molecule has 2 atom stereocenters. The van der Waals surface area contributed by atoms with Gasteiger partial charge in [-0.2, -0.15) is 0 Å². The zero-order valence-electron chi connectivity index (χ0n) is 14.7. The highest BCUT2D eigenvalue weighted by Gasteiger charge is 2.26. The van der Waals surface area contributed by atoms with Gasteiger partial charge in [-0.1, -0.05) is 41.5 Å². The second-order valence-corrected chi connectivity index (χ2v) is 8.46. The van der Waals surface area contributed by atoms with E-state index in [9.17, 15) is 14.0 Å². The third-order valence-corrected chi connectivity index (χ3v) is 5.38. The predicted molar refractivity (Wildman–Crippen MR) is 98.4 cm³/mol. The maximum Gasteiger partial charge on any atom is 0.479 e. The fraction of sp³-hybridized carbons (Fsp3) is 0.375. The van der Waals surface area contributed by atoms with Crippen molar-refractivity contribution in [2.45, 2.75) is 26.7 Å². The quantitative estimate of drug-likeness (QED) is 0.378. The summed E-state index contributed by atoms with van der Waals surface area (Å²) in [5.74, 6) is 0. The molecule has 0 aliphatic heterocycles. The van der Waals surface area contributed by atoms with Crippen LogP contribution < -0.4 is 10.2 Å². The Labute approximate surface area is 153 Å². The molecule has 10 heteroatoms. The second kappa shape index (κ2) is 10.8. The molecule has 0 heterocycles. The van der Waals surface area contributed by atoms with Gasteiger partial charge < -0.3 is 20.0 Å². The van der Waals surface area contributed by atoms with Crippen LogP contribution in [-0.4, -0.2) is 22.9 Å². The van der Waals surface area contributed by atoms with Gasteiger partial charge in [-0.3, -0.25) is 9.09 Å². The van der Waals surface area contributed by atoms with E-state index in [1.807, 2.05) is 44.2 Å². The number of hydrogen-bond acceptors (Lipinski definition) is 6. The molecular formula is C16H24NO7P2-. The molecule has 3 N–H and O–H groups in total. The zero-order valence-corrected chi connectivity index (χ0v) is 16.5. The van der Waals surface area contributed by atoms with Crippen LogP contribution in [0.15, 0.2) is 53.6 Å². The van der Waals surface area contributed by atoms with E-state index in [2.05, 4.69) is 20.2 Å². The Balaban J connectivity index is 2.31. The van der Waals surface area contributed by atoms with Crippen LogP contribution in [0.4, 0.5) is 5.69 Å². The van der Waals surface area contributed by atoms with E-state index in [0.29, 0.717) is 6.42 Å². The predicted octanol–water partition coefficient (Wildman–Crippen LogP) is 3.37. The molecule has 0 bridgehead atoms. The minimum atomic E-state index is -5.33. The largest absolute Gasteiger partial charge is 0.756 e. The summed E-state index contributed by atoms with van der Waals surface area (Å²) in [6, 6.07) is 9.87. The Hall–Kier alpha value is -1.24. The summed E-state index contributed by atoms with van der Waals surface area (Å²) in [5.41, 5.74) is 3.13. The smallest absolute Gasteiger partial charge is 0.479 e. The van der Waals surface area contributed by atoms with Crippen LogP contribution in [0.25, 0.3) is 0 Å². The van der Waals surface area contributed by atoms with Gasteiger partial charge in [0.25, 0.3) is 7.82 Å². The van der Waals surface area contributed by atoms with Crippen LogP contribution >= 0.6 is 15.6 Å². The van der Waals surface area contributed by atoms with Crippen molar-refractivity contribution in [1.29, 1.82) is 0 Å². The Morgan fingerprint density at radius 3 is 2.42 bits per heavy atom. The molecule has 0 aliphatic rings. The maximum atomic E-state index is 11.2. The first kappa shape index (κ1) is 22.8. The third kappa shape index (κ3) is 11.4. The molecule has 1 aromatic carbocycles. The first-order valence-corrected chi connectivity index (χ1v) is 10.9. The van der Waals surface area contributed by atoms with Crippen molar-refractivity contribution in [3.8, 4) is 0 Å². The Bertz CT molecular complexity index is 713. The Kier molecular flexibility index (Phi) is 9.47. The van der Waals surface area contributed by atoms with Gasteiger partial charge in [-0.15, -0.1) is 0 Å². The summed E-state index contributed by atoms with van der Waals surface area (Å²) in [4.78, 5) is 27.9. The molecule has 0 aliphatic carbocycles. The fourth-order valence-electron chi connectivity index (χ4n) is 1.95. The van der Waals surface area contributed by atoms with Gasteiger partial charge in [0, 0.05) is 12.2 Å². The molecule has 0 fully saturated rings. The molecule has 146 valence electrons. The topological polar surface area (TPSA) is 128 Å². The Morgan fingerprint density at radius 1 is 1.15 bits per heavy atom. The van der Waals surface area contributed by atoms with E-state index in [1.54, 1.807) is 6.08 Å². The number of hydrogen-bond donors (Lipinski definition) is 3. The molecule has 26 heavy (non-hydrogen) atoms. The van der Waals surface area contributed by atoms with Gasteiger partial charge in [-0.05, 0) is 38.8 Å². The summed E-state index contributed by atoms with van der Waals surface area (Å²) in [7, 11) is -10.2. The highest BCUT2D eigenvalue weighted by molar-refractivity contribution is 7.60. The number of phosphoric ester groups is 1. The molecule has 0 radical (unpaired) electrons. The molecule has 8 nitrogen and oxygen atoms in total. The van der Waals surface area contributed by atoms with Gasteiger partial charge in [0.05, 0.1) is 6.61 Å². The van der Waals surface area contributed by atoms with E-state index in [4.69, 9.17) is 9.79 Å². The second-order valence-electron chi connectivity index (χ2n) is 5.67. The van der Waals surface area contributed by atoms with E-state index in [0.717, 1.165) is 24.2 Å². The van der Waals surface area contributed by atoms with Crippen LogP contribution in [0.3, 0.4) is 0 Å². The average molecular weight is 404 g/mol. The normalized spacial score (nSPS) is 17.4. The van der Waals surface area contributed by atoms with E-state index >= 15 is 0 Å². The number of benzene rings is 1. The van der Waals surface area contributed by atoms with Crippen molar-refractivity contribution in [1.82, 2.24) is 0 Å². The number of para-hydroxylation sites is 1. The minimum absolute atomic E-state index is 0.308. The van der Waals surface area contributed by atoms with Crippen LogP contribution in [-0.2, 0) is 18.0 Å². The number of rotatable bonds is 11. The monoisotopic (exact) mass is 404 g/mol. The van der Waals surface area contributed by atoms with Crippen molar-refractivity contribution in [2.75, 3.05) is 18.5 Å².